The van der Waals surface area contributed by atoms with Crippen molar-refractivity contribution in [2.24, 2.45) is 5.73 Å². The van der Waals surface area contributed by atoms with Crippen LogP contribution in [0.15, 0.2) is 22.7 Å². The minimum atomic E-state index is 0.292. The molecule has 2 N–H and O–H groups in total. The van der Waals surface area contributed by atoms with Crippen LogP contribution in [0.1, 0.15) is 50.2 Å². The van der Waals surface area contributed by atoms with Crippen molar-refractivity contribution in [1.82, 2.24) is 0 Å². The van der Waals surface area contributed by atoms with Crippen molar-refractivity contribution < 1.29 is 0 Å². The molecule has 0 bridgehead atoms. The Morgan fingerprint density at radius 3 is 2.88 bits per heavy atom. The fraction of sp³-hybridized carbons (Fsp3) is 0.571. The van der Waals surface area contributed by atoms with Crippen LogP contribution in [0.25, 0.3) is 0 Å². The van der Waals surface area contributed by atoms with Gasteiger partial charge in [-0.2, -0.15) is 0 Å². The van der Waals surface area contributed by atoms with Gasteiger partial charge >= 0.3 is 0 Å². The maximum absolute atomic E-state index is 5.71. The quantitative estimate of drug-likeness (QED) is 0.873. The summed E-state index contributed by atoms with van der Waals surface area (Å²) in [7, 11) is 0. The van der Waals surface area contributed by atoms with Crippen LogP contribution in [-0.4, -0.2) is 6.54 Å². The second-order valence-corrected chi connectivity index (χ2v) is 6.26. The zero-order valence-corrected chi connectivity index (χ0v) is 11.7. The molecule has 1 aliphatic rings. The third-order valence-electron chi connectivity index (χ3n) is 3.80. The Kier molecular flexibility index (Phi) is 3.41. The zero-order chi connectivity index (χ0) is 11.8. The maximum Gasteiger partial charge on any atom is 0.0215 e. The topological polar surface area (TPSA) is 26.0 Å². The Morgan fingerprint density at radius 1 is 1.44 bits per heavy atom. The first-order chi connectivity index (χ1) is 7.56. The lowest BCUT2D eigenvalue weighted by Crippen LogP contribution is -2.27. The third-order valence-corrected chi connectivity index (χ3v) is 4.46. The minimum Gasteiger partial charge on any atom is -0.330 e. The summed E-state index contributed by atoms with van der Waals surface area (Å²) < 4.78 is 1.26. The molecule has 0 radical (unpaired) electrons. The van der Waals surface area contributed by atoms with Crippen LogP contribution in [0.5, 0.6) is 0 Å². The highest BCUT2D eigenvalue weighted by atomic mass is 79.9. The average molecular weight is 282 g/mol. The van der Waals surface area contributed by atoms with Gasteiger partial charge in [0.1, 0.15) is 0 Å². The summed E-state index contributed by atoms with van der Waals surface area (Å²) in [5.41, 5.74) is 9.01. The van der Waals surface area contributed by atoms with Crippen molar-refractivity contribution in [3.05, 3.63) is 33.8 Å². The summed E-state index contributed by atoms with van der Waals surface area (Å²) in [6.07, 6.45) is 3.64. The van der Waals surface area contributed by atoms with Crippen LogP contribution >= 0.6 is 15.9 Å². The highest BCUT2D eigenvalue weighted by Crippen LogP contribution is 2.46. The first kappa shape index (κ1) is 12.1. The Bertz CT molecular complexity index is 384. The summed E-state index contributed by atoms with van der Waals surface area (Å²) in [6.45, 7) is 5.47. The third kappa shape index (κ3) is 2.05. The fourth-order valence-corrected chi connectivity index (χ4v) is 3.83. The van der Waals surface area contributed by atoms with E-state index >= 15 is 0 Å². The molecule has 0 aliphatic heterocycles. The molecule has 0 heterocycles. The standard InChI is InChI=1S/C14H20BrN/c1-14(2)8-6-10(7-9-16)11-4-3-5-12(15)13(11)14/h3-5,10H,6-9,16H2,1-2H3. The van der Waals surface area contributed by atoms with Crippen molar-refractivity contribution in [2.75, 3.05) is 6.54 Å². The van der Waals surface area contributed by atoms with Gasteiger partial charge < -0.3 is 5.73 Å². The number of hydrogen-bond donors (Lipinski definition) is 1. The van der Waals surface area contributed by atoms with Crippen LogP contribution in [0.2, 0.25) is 0 Å². The van der Waals surface area contributed by atoms with Crippen LogP contribution < -0.4 is 5.73 Å². The van der Waals surface area contributed by atoms with Crippen molar-refractivity contribution in [2.45, 2.75) is 44.4 Å². The Morgan fingerprint density at radius 2 is 2.19 bits per heavy atom. The minimum absolute atomic E-state index is 0.292. The summed E-state index contributed by atoms with van der Waals surface area (Å²) in [4.78, 5) is 0. The van der Waals surface area contributed by atoms with Crippen LogP contribution in [0.3, 0.4) is 0 Å². The molecule has 2 rings (SSSR count). The van der Waals surface area contributed by atoms with E-state index in [2.05, 4.69) is 48.0 Å². The predicted octanol–water partition coefficient (Wildman–Crippen LogP) is 3.95. The van der Waals surface area contributed by atoms with E-state index in [4.69, 9.17) is 5.73 Å². The molecule has 1 atom stereocenters. The molecule has 16 heavy (non-hydrogen) atoms. The van der Waals surface area contributed by atoms with Gasteiger partial charge in [-0.1, -0.05) is 41.9 Å². The SMILES string of the molecule is CC1(C)CCC(CCN)c2cccc(Br)c21. The smallest absolute Gasteiger partial charge is 0.0215 e. The molecule has 2 heteroatoms. The molecular weight excluding hydrogens is 262 g/mol. The van der Waals surface area contributed by atoms with Gasteiger partial charge in [-0.05, 0) is 54.3 Å². The van der Waals surface area contributed by atoms with Gasteiger partial charge in [0.25, 0.3) is 0 Å². The number of fused-ring (bicyclic) bond motifs is 1. The lowest BCUT2D eigenvalue weighted by Gasteiger charge is -2.38. The molecule has 0 amide bonds. The summed E-state index contributed by atoms with van der Waals surface area (Å²) in [6, 6.07) is 6.58. The van der Waals surface area contributed by atoms with Gasteiger partial charge in [0, 0.05) is 4.47 Å². The van der Waals surface area contributed by atoms with E-state index in [-0.39, 0.29) is 0 Å². The van der Waals surface area contributed by atoms with E-state index in [1.54, 1.807) is 0 Å². The second kappa shape index (κ2) is 4.50. The van der Waals surface area contributed by atoms with E-state index < -0.39 is 0 Å². The molecule has 0 fully saturated rings. The molecule has 88 valence electrons. The number of nitrogens with two attached hydrogens (primary N) is 1. The lowest BCUT2D eigenvalue weighted by atomic mass is 9.68. The van der Waals surface area contributed by atoms with Gasteiger partial charge in [-0.15, -0.1) is 0 Å². The normalized spacial score (nSPS) is 22.9. The molecule has 0 aromatic heterocycles. The molecule has 1 aromatic carbocycles. The molecule has 1 nitrogen and oxygen atoms in total. The van der Waals surface area contributed by atoms with Crippen LogP contribution in [-0.2, 0) is 5.41 Å². The largest absolute Gasteiger partial charge is 0.330 e. The average Bonchev–Trinajstić information content (AvgIpc) is 2.22. The first-order valence-corrected chi connectivity index (χ1v) is 6.84. The molecule has 1 aliphatic carbocycles. The number of halogens is 1. The number of rotatable bonds is 2. The van der Waals surface area contributed by atoms with Crippen molar-refractivity contribution in [1.29, 1.82) is 0 Å². The Balaban J connectivity index is 2.49. The summed E-state index contributed by atoms with van der Waals surface area (Å²) in [5.74, 6) is 0.658. The van der Waals surface area contributed by atoms with Crippen molar-refractivity contribution >= 4 is 15.9 Å². The van der Waals surface area contributed by atoms with E-state index in [1.807, 2.05) is 0 Å². The Labute approximate surface area is 107 Å². The molecule has 0 spiro atoms. The maximum atomic E-state index is 5.71. The van der Waals surface area contributed by atoms with Crippen LogP contribution in [0, 0.1) is 0 Å². The molecule has 0 saturated carbocycles. The highest BCUT2D eigenvalue weighted by Gasteiger charge is 2.33. The molecular formula is C14H20BrN. The highest BCUT2D eigenvalue weighted by molar-refractivity contribution is 9.10. The second-order valence-electron chi connectivity index (χ2n) is 5.40. The Hall–Kier alpha value is -0.340. The predicted molar refractivity (Wildman–Crippen MR) is 72.8 cm³/mol. The van der Waals surface area contributed by atoms with Gasteiger partial charge in [0.15, 0.2) is 0 Å². The van der Waals surface area contributed by atoms with Gasteiger partial charge in [-0.3, -0.25) is 0 Å². The van der Waals surface area contributed by atoms with E-state index in [0.29, 0.717) is 11.3 Å². The number of benzene rings is 1. The van der Waals surface area contributed by atoms with Gasteiger partial charge in [-0.25, -0.2) is 0 Å². The van der Waals surface area contributed by atoms with Crippen molar-refractivity contribution in [3.8, 4) is 0 Å². The van der Waals surface area contributed by atoms with E-state index in [9.17, 15) is 0 Å². The zero-order valence-electron chi connectivity index (χ0n) is 10.1. The summed E-state index contributed by atoms with van der Waals surface area (Å²) >= 11 is 3.70. The van der Waals surface area contributed by atoms with Gasteiger partial charge in [0.2, 0.25) is 0 Å². The number of hydrogen-bond acceptors (Lipinski definition) is 1. The van der Waals surface area contributed by atoms with Crippen molar-refractivity contribution in [3.63, 3.8) is 0 Å². The molecule has 1 aromatic rings. The van der Waals surface area contributed by atoms with Crippen LogP contribution in [0.4, 0.5) is 0 Å². The summed E-state index contributed by atoms with van der Waals surface area (Å²) in [5, 5.41) is 0. The monoisotopic (exact) mass is 281 g/mol. The van der Waals surface area contributed by atoms with E-state index in [1.165, 1.54) is 28.4 Å². The first-order valence-electron chi connectivity index (χ1n) is 6.05. The lowest BCUT2D eigenvalue weighted by molar-refractivity contribution is 0.382. The van der Waals surface area contributed by atoms with Gasteiger partial charge in [0.05, 0.1) is 0 Å². The molecule has 1 unspecified atom stereocenters. The molecule has 0 saturated heterocycles. The fourth-order valence-electron chi connectivity index (χ4n) is 2.91. The van der Waals surface area contributed by atoms with E-state index in [0.717, 1.165) is 13.0 Å².